The molecular formula is C20H24N2O3. The van der Waals surface area contributed by atoms with Crippen LogP contribution in [-0.4, -0.2) is 18.7 Å². The van der Waals surface area contributed by atoms with Gasteiger partial charge in [0.2, 0.25) is 0 Å². The summed E-state index contributed by atoms with van der Waals surface area (Å²) in [6, 6.07) is 13.0. The molecule has 5 nitrogen and oxygen atoms in total. The Bertz CT molecular complexity index is 786. The smallest absolute Gasteiger partial charge is 0.319 e. The molecule has 1 atom stereocenters. The Morgan fingerprint density at radius 1 is 1.24 bits per heavy atom. The molecule has 25 heavy (non-hydrogen) atoms. The second kappa shape index (κ2) is 6.67. The highest BCUT2D eigenvalue weighted by molar-refractivity contribution is 5.89. The largest absolute Gasteiger partial charge is 0.497 e. The van der Waals surface area contributed by atoms with Gasteiger partial charge in [0.15, 0.2) is 0 Å². The molecule has 132 valence electrons. The van der Waals surface area contributed by atoms with E-state index < -0.39 is 0 Å². The first-order chi connectivity index (χ1) is 11.9. The van der Waals surface area contributed by atoms with Crippen molar-refractivity contribution in [1.29, 1.82) is 0 Å². The lowest BCUT2D eigenvalue weighted by Gasteiger charge is -2.38. The lowest BCUT2D eigenvalue weighted by atomic mass is 9.89. The van der Waals surface area contributed by atoms with Crippen LogP contribution in [0.3, 0.4) is 0 Å². The van der Waals surface area contributed by atoms with Crippen LogP contribution in [0.1, 0.15) is 37.4 Å². The molecule has 1 aliphatic rings. The summed E-state index contributed by atoms with van der Waals surface area (Å²) in [6.45, 7) is 6.10. The van der Waals surface area contributed by atoms with E-state index in [4.69, 9.17) is 9.47 Å². The number of aryl methyl sites for hydroxylation is 1. The standard InChI is InChI=1S/C20H24N2O3/c1-13-8-9-18-16(10-13)17(12-20(2,3)25-18)22-19(23)21-14-6-5-7-15(11-14)24-4/h5-11,17H,12H2,1-4H3,(H2,21,22,23)/t17-/m0/s1. The van der Waals surface area contributed by atoms with Crippen LogP contribution < -0.4 is 20.1 Å². The Morgan fingerprint density at radius 2 is 2.04 bits per heavy atom. The van der Waals surface area contributed by atoms with Crippen molar-refractivity contribution in [3.8, 4) is 11.5 Å². The van der Waals surface area contributed by atoms with E-state index in [0.717, 1.165) is 16.9 Å². The number of hydrogen-bond donors (Lipinski definition) is 2. The number of nitrogens with one attached hydrogen (secondary N) is 2. The van der Waals surface area contributed by atoms with Gasteiger partial charge in [-0.15, -0.1) is 0 Å². The van der Waals surface area contributed by atoms with Crippen LogP contribution in [-0.2, 0) is 0 Å². The summed E-state index contributed by atoms with van der Waals surface area (Å²) in [5.41, 5.74) is 2.51. The predicted octanol–water partition coefficient (Wildman–Crippen LogP) is 4.43. The van der Waals surface area contributed by atoms with E-state index in [1.807, 2.05) is 51.1 Å². The van der Waals surface area contributed by atoms with Crippen LogP contribution in [0.4, 0.5) is 10.5 Å². The van der Waals surface area contributed by atoms with Crippen LogP contribution in [0, 0.1) is 6.92 Å². The third-order valence-electron chi connectivity index (χ3n) is 4.26. The Hall–Kier alpha value is -2.69. The molecule has 2 N–H and O–H groups in total. The van der Waals surface area contributed by atoms with Crippen molar-refractivity contribution in [2.75, 3.05) is 12.4 Å². The molecule has 1 aliphatic heterocycles. The molecule has 2 aromatic carbocycles. The van der Waals surface area contributed by atoms with Gasteiger partial charge < -0.3 is 20.1 Å². The molecule has 0 unspecified atom stereocenters. The molecule has 0 saturated carbocycles. The Kier molecular flexibility index (Phi) is 4.57. The molecule has 0 bridgehead atoms. The zero-order valence-corrected chi connectivity index (χ0v) is 15.1. The molecule has 3 rings (SSSR count). The number of ether oxygens (including phenoxy) is 2. The highest BCUT2D eigenvalue weighted by atomic mass is 16.5. The number of methoxy groups -OCH3 is 1. The summed E-state index contributed by atoms with van der Waals surface area (Å²) in [5, 5.41) is 5.94. The maximum absolute atomic E-state index is 12.5. The van der Waals surface area contributed by atoms with E-state index in [2.05, 4.69) is 16.7 Å². The summed E-state index contributed by atoms with van der Waals surface area (Å²) < 4.78 is 11.2. The lowest BCUT2D eigenvalue weighted by Crippen LogP contribution is -2.42. The van der Waals surface area contributed by atoms with Crippen molar-refractivity contribution >= 4 is 11.7 Å². The van der Waals surface area contributed by atoms with Crippen LogP contribution in [0.25, 0.3) is 0 Å². The number of hydrogen-bond acceptors (Lipinski definition) is 3. The number of carbonyl (C=O) groups excluding carboxylic acids is 1. The fourth-order valence-electron chi connectivity index (χ4n) is 3.13. The van der Waals surface area contributed by atoms with E-state index in [1.54, 1.807) is 13.2 Å². The van der Waals surface area contributed by atoms with Crippen molar-refractivity contribution < 1.29 is 14.3 Å². The molecular weight excluding hydrogens is 316 g/mol. The number of urea groups is 1. The van der Waals surface area contributed by atoms with Gasteiger partial charge in [0, 0.05) is 23.7 Å². The Morgan fingerprint density at radius 3 is 2.80 bits per heavy atom. The van der Waals surface area contributed by atoms with Crippen molar-refractivity contribution in [2.45, 2.75) is 38.8 Å². The SMILES string of the molecule is COc1cccc(NC(=O)N[C@H]2CC(C)(C)Oc3ccc(C)cc32)c1. The summed E-state index contributed by atoms with van der Waals surface area (Å²) in [6.07, 6.45) is 0.703. The topological polar surface area (TPSA) is 59.6 Å². The summed E-state index contributed by atoms with van der Waals surface area (Å²) >= 11 is 0. The van der Waals surface area contributed by atoms with Crippen molar-refractivity contribution in [3.05, 3.63) is 53.6 Å². The third-order valence-corrected chi connectivity index (χ3v) is 4.26. The molecule has 0 radical (unpaired) electrons. The van der Waals surface area contributed by atoms with Gasteiger partial charge in [-0.2, -0.15) is 0 Å². The first-order valence-corrected chi connectivity index (χ1v) is 8.37. The first-order valence-electron chi connectivity index (χ1n) is 8.37. The van der Waals surface area contributed by atoms with Gasteiger partial charge >= 0.3 is 6.03 Å². The molecule has 1 heterocycles. The molecule has 0 aromatic heterocycles. The number of amides is 2. The fourth-order valence-corrected chi connectivity index (χ4v) is 3.13. The summed E-state index contributed by atoms with van der Waals surface area (Å²) in [7, 11) is 1.60. The normalized spacial score (nSPS) is 17.8. The number of benzene rings is 2. The molecule has 2 aromatic rings. The zero-order chi connectivity index (χ0) is 18.0. The molecule has 0 saturated heterocycles. The summed E-state index contributed by atoms with van der Waals surface area (Å²) in [4.78, 5) is 12.5. The predicted molar refractivity (Wildman–Crippen MR) is 98.4 cm³/mol. The van der Waals surface area contributed by atoms with Crippen molar-refractivity contribution in [1.82, 2.24) is 5.32 Å². The fraction of sp³-hybridized carbons (Fsp3) is 0.350. The number of carbonyl (C=O) groups is 1. The van der Waals surface area contributed by atoms with E-state index in [9.17, 15) is 4.79 Å². The average Bonchev–Trinajstić information content (AvgIpc) is 2.55. The second-order valence-corrected chi connectivity index (χ2v) is 6.99. The quantitative estimate of drug-likeness (QED) is 0.869. The van der Waals surface area contributed by atoms with Crippen LogP contribution >= 0.6 is 0 Å². The number of rotatable bonds is 3. The lowest BCUT2D eigenvalue weighted by molar-refractivity contribution is 0.0682. The van der Waals surface area contributed by atoms with E-state index in [1.165, 1.54) is 0 Å². The monoisotopic (exact) mass is 340 g/mol. The van der Waals surface area contributed by atoms with E-state index in [-0.39, 0.29) is 17.7 Å². The Balaban J connectivity index is 1.77. The van der Waals surface area contributed by atoms with Gasteiger partial charge in [-0.05, 0) is 39.0 Å². The van der Waals surface area contributed by atoms with Crippen LogP contribution in [0.5, 0.6) is 11.5 Å². The van der Waals surface area contributed by atoms with Gasteiger partial charge in [0.25, 0.3) is 0 Å². The van der Waals surface area contributed by atoms with Crippen molar-refractivity contribution in [2.24, 2.45) is 0 Å². The van der Waals surface area contributed by atoms with Crippen molar-refractivity contribution in [3.63, 3.8) is 0 Å². The molecule has 2 amide bonds. The first kappa shape index (κ1) is 17.1. The summed E-state index contributed by atoms with van der Waals surface area (Å²) in [5.74, 6) is 1.53. The van der Waals surface area contributed by atoms with Gasteiger partial charge in [-0.3, -0.25) is 0 Å². The molecule has 0 spiro atoms. The van der Waals surface area contributed by atoms with E-state index in [0.29, 0.717) is 17.9 Å². The Labute approximate surface area is 148 Å². The highest BCUT2D eigenvalue weighted by Gasteiger charge is 2.34. The maximum atomic E-state index is 12.5. The van der Waals surface area contributed by atoms with Gasteiger partial charge in [0.1, 0.15) is 17.1 Å². The van der Waals surface area contributed by atoms with E-state index >= 15 is 0 Å². The highest BCUT2D eigenvalue weighted by Crippen LogP contribution is 2.39. The third kappa shape index (κ3) is 4.05. The minimum atomic E-state index is -0.337. The van der Waals surface area contributed by atoms with Gasteiger partial charge in [-0.1, -0.05) is 23.8 Å². The van der Waals surface area contributed by atoms with Crippen LogP contribution in [0.2, 0.25) is 0 Å². The van der Waals surface area contributed by atoms with Gasteiger partial charge in [-0.25, -0.2) is 4.79 Å². The molecule has 0 fully saturated rings. The number of fused-ring (bicyclic) bond motifs is 1. The van der Waals surface area contributed by atoms with Crippen LogP contribution in [0.15, 0.2) is 42.5 Å². The number of anilines is 1. The maximum Gasteiger partial charge on any atom is 0.319 e. The average molecular weight is 340 g/mol. The minimum Gasteiger partial charge on any atom is -0.497 e. The zero-order valence-electron chi connectivity index (χ0n) is 15.1. The van der Waals surface area contributed by atoms with Gasteiger partial charge in [0.05, 0.1) is 13.2 Å². The second-order valence-electron chi connectivity index (χ2n) is 6.99. The minimum absolute atomic E-state index is 0.107. The molecule has 0 aliphatic carbocycles. The molecule has 5 heteroatoms.